The highest BCUT2D eigenvalue weighted by atomic mass is 28.4. The molecule has 0 aromatic rings. The van der Waals surface area contributed by atoms with Crippen molar-refractivity contribution in [3.63, 3.8) is 0 Å². The van der Waals surface area contributed by atoms with Crippen LogP contribution in [0.4, 0.5) is 0 Å². The van der Waals surface area contributed by atoms with E-state index in [0.717, 1.165) is 13.0 Å². The van der Waals surface area contributed by atoms with Crippen molar-refractivity contribution >= 4 is 8.56 Å². The normalized spacial score (nSPS) is 13.2. The predicted molar refractivity (Wildman–Crippen MR) is 124 cm³/mol. The Morgan fingerprint density at radius 2 is 1.00 bits per heavy atom. The van der Waals surface area contributed by atoms with Crippen molar-refractivity contribution in [1.82, 2.24) is 0 Å². The van der Waals surface area contributed by atoms with E-state index in [1.54, 1.807) is 0 Å². The van der Waals surface area contributed by atoms with Crippen molar-refractivity contribution in [1.29, 1.82) is 0 Å². The Hall–Kier alpha value is 0.137. The van der Waals surface area contributed by atoms with Crippen LogP contribution < -0.4 is 0 Å². The molecule has 0 N–H and O–H groups in total. The van der Waals surface area contributed by atoms with Crippen molar-refractivity contribution < 1.29 is 8.85 Å². The largest absolute Gasteiger partial charge is 0.395 e. The summed E-state index contributed by atoms with van der Waals surface area (Å²) in [6.45, 7) is 11.9. The molecule has 0 amide bonds. The molecule has 0 heterocycles. The average molecular weight is 401 g/mol. The maximum absolute atomic E-state index is 6.12. The summed E-state index contributed by atoms with van der Waals surface area (Å²) in [5.74, 6) is 0. The Bertz CT molecular complexity index is 294. The molecule has 0 aromatic carbocycles. The molecule has 0 aliphatic heterocycles. The standard InChI is InChI=1S/C24H52O2Si/c1-6-8-9-10-11-12-13-14-15-16-17-18-19-20-21-23-25-27(4,5)26-24(3)22-7-2/h24H,6-23H2,1-5H3. The lowest BCUT2D eigenvalue weighted by Gasteiger charge is -2.26. The fourth-order valence-corrected chi connectivity index (χ4v) is 5.57. The Labute approximate surface area is 173 Å². The summed E-state index contributed by atoms with van der Waals surface area (Å²) in [5.41, 5.74) is 0. The van der Waals surface area contributed by atoms with E-state index in [1.807, 2.05) is 0 Å². The summed E-state index contributed by atoms with van der Waals surface area (Å²) in [5, 5.41) is 0. The predicted octanol–water partition coefficient (Wildman–Crippen LogP) is 8.78. The van der Waals surface area contributed by atoms with Crippen LogP contribution in [0.25, 0.3) is 0 Å². The maximum atomic E-state index is 6.12. The minimum absolute atomic E-state index is 0.345. The topological polar surface area (TPSA) is 18.5 Å². The van der Waals surface area contributed by atoms with Gasteiger partial charge in [-0.15, -0.1) is 0 Å². The monoisotopic (exact) mass is 400 g/mol. The van der Waals surface area contributed by atoms with Crippen molar-refractivity contribution in [2.75, 3.05) is 6.61 Å². The van der Waals surface area contributed by atoms with Gasteiger partial charge in [-0.2, -0.15) is 0 Å². The van der Waals surface area contributed by atoms with Crippen molar-refractivity contribution in [3.05, 3.63) is 0 Å². The fraction of sp³-hybridized carbons (Fsp3) is 1.00. The molecule has 0 fully saturated rings. The molecule has 1 unspecified atom stereocenters. The van der Waals surface area contributed by atoms with Gasteiger partial charge in [0.15, 0.2) is 0 Å². The van der Waals surface area contributed by atoms with Crippen molar-refractivity contribution in [2.45, 2.75) is 149 Å². The Morgan fingerprint density at radius 1 is 0.593 bits per heavy atom. The van der Waals surface area contributed by atoms with E-state index in [1.165, 1.54) is 103 Å². The molecule has 0 saturated carbocycles. The van der Waals surface area contributed by atoms with Gasteiger partial charge in [-0.3, -0.25) is 0 Å². The summed E-state index contributed by atoms with van der Waals surface area (Å²) in [6, 6.07) is 0. The van der Waals surface area contributed by atoms with Gasteiger partial charge in [0.05, 0.1) is 0 Å². The quantitative estimate of drug-likeness (QED) is 0.141. The third kappa shape index (κ3) is 20.7. The highest BCUT2D eigenvalue weighted by Crippen LogP contribution is 2.15. The van der Waals surface area contributed by atoms with Crippen molar-refractivity contribution in [2.24, 2.45) is 0 Å². The Balaban J connectivity index is 3.26. The SMILES string of the molecule is CCCCCCCCCCCCCCCCCO[Si](C)(C)OC(C)CCC. The molecule has 0 aliphatic carbocycles. The first-order chi connectivity index (χ1) is 13.0. The van der Waals surface area contributed by atoms with E-state index >= 15 is 0 Å². The van der Waals surface area contributed by atoms with Gasteiger partial charge in [0.25, 0.3) is 0 Å². The first-order valence-electron chi connectivity index (χ1n) is 12.3. The molecule has 27 heavy (non-hydrogen) atoms. The molecule has 0 radical (unpaired) electrons. The van der Waals surface area contributed by atoms with Crippen LogP contribution in [0.1, 0.15) is 130 Å². The summed E-state index contributed by atoms with van der Waals surface area (Å²) >= 11 is 0. The molecular weight excluding hydrogens is 348 g/mol. The third-order valence-electron chi connectivity index (χ3n) is 5.38. The van der Waals surface area contributed by atoms with Crippen LogP contribution in [0.15, 0.2) is 0 Å². The van der Waals surface area contributed by atoms with Gasteiger partial charge >= 0.3 is 8.56 Å². The lowest BCUT2D eigenvalue weighted by atomic mass is 10.0. The molecule has 1 atom stereocenters. The summed E-state index contributed by atoms with van der Waals surface area (Å²) in [7, 11) is -1.91. The zero-order valence-corrected chi connectivity index (χ0v) is 20.6. The van der Waals surface area contributed by atoms with E-state index in [2.05, 4.69) is 33.9 Å². The lowest BCUT2D eigenvalue weighted by molar-refractivity contribution is 0.123. The molecule has 0 aliphatic rings. The highest BCUT2D eigenvalue weighted by molar-refractivity contribution is 6.64. The molecule has 0 bridgehead atoms. The van der Waals surface area contributed by atoms with Gasteiger partial charge in [-0.1, -0.05) is 110 Å². The van der Waals surface area contributed by atoms with Gasteiger partial charge < -0.3 is 8.85 Å². The second-order valence-electron chi connectivity index (χ2n) is 8.92. The summed E-state index contributed by atoms with van der Waals surface area (Å²) in [4.78, 5) is 0. The van der Waals surface area contributed by atoms with Gasteiger partial charge in [0.1, 0.15) is 0 Å². The molecule has 0 aromatic heterocycles. The van der Waals surface area contributed by atoms with E-state index in [4.69, 9.17) is 8.85 Å². The molecule has 0 saturated heterocycles. The van der Waals surface area contributed by atoms with E-state index in [9.17, 15) is 0 Å². The number of rotatable bonds is 21. The lowest BCUT2D eigenvalue weighted by Crippen LogP contribution is -2.38. The van der Waals surface area contributed by atoms with Crippen LogP contribution in [-0.2, 0) is 8.85 Å². The Kier molecular flexibility index (Phi) is 19.6. The van der Waals surface area contributed by atoms with E-state index in [-0.39, 0.29) is 0 Å². The zero-order valence-electron chi connectivity index (χ0n) is 19.6. The molecular formula is C24H52O2Si. The van der Waals surface area contributed by atoms with Crippen LogP contribution in [0.5, 0.6) is 0 Å². The fourth-order valence-electron chi connectivity index (χ4n) is 3.78. The first-order valence-corrected chi connectivity index (χ1v) is 15.1. The van der Waals surface area contributed by atoms with E-state index < -0.39 is 8.56 Å². The van der Waals surface area contributed by atoms with Crippen LogP contribution in [-0.4, -0.2) is 21.3 Å². The zero-order chi connectivity index (χ0) is 20.2. The Morgan fingerprint density at radius 3 is 1.41 bits per heavy atom. The third-order valence-corrected chi connectivity index (χ3v) is 7.25. The van der Waals surface area contributed by atoms with Crippen molar-refractivity contribution in [3.8, 4) is 0 Å². The number of hydrogen-bond acceptors (Lipinski definition) is 2. The summed E-state index contributed by atoms with van der Waals surface area (Å²) < 4.78 is 12.2. The smallest absolute Gasteiger partial charge is 0.331 e. The van der Waals surface area contributed by atoms with Gasteiger partial charge in [0, 0.05) is 12.7 Å². The highest BCUT2D eigenvalue weighted by Gasteiger charge is 2.26. The van der Waals surface area contributed by atoms with Gasteiger partial charge in [-0.25, -0.2) is 0 Å². The second kappa shape index (κ2) is 19.5. The number of hydrogen-bond donors (Lipinski definition) is 0. The molecule has 0 rings (SSSR count). The first kappa shape index (κ1) is 27.1. The van der Waals surface area contributed by atoms with Crippen LogP contribution in [0.3, 0.4) is 0 Å². The second-order valence-corrected chi connectivity index (χ2v) is 12.2. The minimum atomic E-state index is -1.91. The van der Waals surface area contributed by atoms with Crippen LogP contribution >= 0.6 is 0 Å². The molecule has 2 nitrogen and oxygen atoms in total. The van der Waals surface area contributed by atoms with Gasteiger partial charge in [-0.05, 0) is 32.9 Å². The summed E-state index contributed by atoms with van der Waals surface area (Å²) in [6.07, 6.45) is 23.8. The maximum Gasteiger partial charge on any atom is 0.331 e. The molecule has 164 valence electrons. The van der Waals surface area contributed by atoms with Crippen LogP contribution in [0, 0.1) is 0 Å². The van der Waals surface area contributed by atoms with Gasteiger partial charge in [0.2, 0.25) is 0 Å². The number of unbranched alkanes of at least 4 members (excludes halogenated alkanes) is 14. The minimum Gasteiger partial charge on any atom is -0.395 e. The molecule has 3 heteroatoms. The molecule has 0 spiro atoms. The van der Waals surface area contributed by atoms with E-state index in [0.29, 0.717) is 6.10 Å². The average Bonchev–Trinajstić information content (AvgIpc) is 2.61. The van der Waals surface area contributed by atoms with Crippen LogP contribution in [0.2, 0.25) is 13.1 Å².